The van der Waals surface area contributed by atoms with Gasteiger partial charge >= 0.3 is 0 Å². The van der Waals surface area contributed by atoms with Crippen LogP contribution in [0.15, 0.2) is 36.8 Å². The number of anilines is 3. The summed E-state index contributed by atoms with van der Waals surface area (Å²) in [6, 6.07) is 6.22. The van der Waals surface area contributed by atoms with Gasteiger partial charge in [0.25, 0.3) is 0 Å². The van der Waals surface area contributed by atoms with Gasteiger partial charge in [0.15, 0.2) is 5.82 Å². The van der Waals surface area contributed by atoms with E-state index in [0.29, 0.717) is 6.17 Å². The Labute approximate surface area is 99.5 Å². The first-order valence-electron chi connectivity index (χ1n) is 5.76. The summed E-state index contributed by atoms with van der Waals surface area (Å²) in [7, 11) is 2.11. The number of aromatic nitrogens is 2. The van der Waals surface area contributed by atoms with Gasteiger partial charge in [0.2, 0.25) is 0 Å². The Bertz CT molecular complexity index is 595. The smallest absolute Gasteiger partial charge is 0.153 e. The summed E-state index contributed by atoms with van der Waals surface area (Å²) >= 11 is 0. The van der Waals surface area contributed by atoms with Gasteiger partial charge in [0.05, 0.1) is 17.6 Å². The minimum Gasteiger partial charge on any atom is -0.337 e. The summed E-state index contributed by atoms with van der Waals surface area (Å²) in [6.45, 7) is 0. The third-order valence-corrected chi connectivity index (χ3v) is 3.65. The van der Waals surface area contributed by atoms with E-state index in [9.17, 15) is 0 Å². The van der Waals surface area contributed by atoms with Crippen LogP contribution in [0.2, 0.25) is 0 Å². The molecule has 4 nitrogen and oxygen atoms in total. The largest absolute Gasteiger partial charge is 0.337 e. The van der Waals surface area contributed by atoms with E-state index in [4.69, 9.17) is 0 Å². The summed E-state index contributed by atoms with van der Waals surface area (Å²) in [5.74, 6) is 1.06. The lowest BCUT2D eigenvalue weighted by Crippen LogP contribution is -2.36. The second-order valence-corrected chi connectivity index (χ2v) is 4.52. The number of pyridine rings is 2. The van der Waals surface area contributed by atoms with Gasteiger partial charge in [-0.1, -0.05) is 0 Å². The van der Waals surface area contributed by atoms with Crippen LogP contribution >= 0.6 is 0 Å². The number of likely N-dealkylation sites (N-methyl/N-ethyl adjacent to an activating group) is 1. The standard InChI is InChI=1S/C13H12N4/c1-16-12-7-9-4-6-14-8-11(9)17(12)10-3-2-5-15-13(10)16/h2-6,8,12H,7H2,1H3. The Balaban J connectivity index is 1.95. The summed E-state index contributed by atoms with van der Waals surface area (Å²) in [5, 5.41) is 0. The van der Waals surface area contributed by atoms with E-state index in [1.165, 1.54) is 16.9 Å². The maximum absolute atomic E-state index is 4.46. The van der Waals surface area contributed by atoms with E-state index in [-0.39, 0.29) is 0 Å². The minimum absolute atomic E-state index is 0.360. The van der Waals surface area contributed by atoms with Crippen molar-refractivity contribution in [2.45, 2.75) is 12.6 Å². The molecule has 0 aliphatic carbocycles. The van der Waals surface area contributed by atoms with E-state index in [0.717, 1.165) is 12.2 Å². The van der Waals surface area contributed by atoms with Gasteiger partial charge in [-0.05, 0) is 23.8 Å². The summed E-state index contributed by atoms with van der Waals surface area (Å²) in [4.78, 5) is 13.3. The minimum atomic E-state index is 0.360. The maximum atomic E-state index is 4.46. The van der Waals surface area contributed by atoms with Crippen molar-refractivity contribution < 1.29 is 0 Å². The zero-order valence-electron chi connectivity index (χ0n) is 9.54. The van der Waals surface area contributed by atoms with Crippen LogP contribution in [0.3, 0.4) is 0 Å². The number of nitrogens with zero attached hydrogens (tertiary/aromatic N) is 4. The molecule has 17 heavy (non-hydrogen) atoms. The van der Waals surface area contributed by atoms with Gasteiger partial charge in [0, 0.05) is 25.9 Å². The lowest BCUT2D eigenvalue weighted by atomic mass is 10.2. The highest BCUT2D eigenvalue weighted by atomic mass is 15.4. The molecule has 0 fully saturated rings. The fourth-order valence-electron chi connectivity index (χ4n) is 2.84. The van der Waals surface area contributed by atoms with Crippen LogP contribution in [0.25, 0.3) is 0 Å². The first kappa shape index (κ1) is 8.98. The molecular formula is C13H12N4. The van der Waals surface area contributed by atoms with Crippen LogP contribution in [-0.2, 0) is 6.42 Å². The molecule has 0 saturated carbocycles. The SMILES string of the molecule is CN1c2ncccc2N2c3cnccc3CC12. The molecule has 0 bridgehead atoms. The molecule has 4 heterocycles. The van der Waals surface area contributed by atoms with Gasteiger partial charge in [-0.3, -0.25) is 4.98 Å². The van der Waals surface area contributed by atoms with Crippen molar-refractivity contribution in [1.82, 2.24) is 9.97 Å². The Morgan fingerprint density at radius 2 is 2.18 bits per heavy atom. The zero-order chi connectivity index (χ0) is 11.4. The molecule has 4 rings (SSSR count). The van der Waals surface area contributed by atoms with Crippen LogP contribution < -0.4 is 9.80 Å². The molecule has 1 unspecified atom stereocenters. The van der Waals surface area contributed by atoms with Gasteiger partial charge < -0.3 is 9.80 Å². The van der Waals surface area contributed by atoms with Crippen LogP contribution in [0.5, 0.6) is 0 Å². The van der Waals surface area contributed by atoms with Crippen LogP contribution in [-0.4, -0.2) is 23.2 Å². The van der Waals surface area contributed by atoms with Gasteiger partial charge in [-0.25, -0.2) is 4.98 Å². The molecule has 0 radical (unpaired) electrons. The van der Waals surface area contributed by atoms with Crippen molar-refractivity contribution in [1.29, 1.82) is 0 Å². The molecule has 1 atom stereocenters. The van der Waals surface area contributed by atoms with Crippen LogP contribution in [0.1, 0.15) is 5.56 Å². The first-order valence-corrected chi connectivity index (χ1v) is 5.76. The molecule has 84 valence electrons. The molecule has 0 amide bonds. The Morgan fingerprint density at radius 1 is 1.24 bits per heavy atom. The monoisotopic (exact) mass is 224 g/mol. The average Bonchev–Trinajstić information content (AvgIpc) is 2.88. The van der Waals surface area contributed by atoms with E-state index >= 15 is 0 Å². The molecule has 0 spiro atoms. The molecule has 0 saturated heterocycles. The van der Waals surface area contributed by atoms with E-state index in [1.807, 2.05) is 24.7 Å². The molecule has 2 aliphatic rings. The van der Waals surface area contributed by atoms with Crippen molar-refractivity contribution in [3.63, 3.8) is 0 Å². The third kappa shape index (κ3) is 1.02. The quantitative estimate of drug-likeness (QED) is 0.684. The topological polar surface area (TPSA) is 32.3 Å². The zero-order valence-corrected chi connectivity index (χ0v) is 9.54. The molecule has 2 aromatic rings. The van der Waals surface area contributed by atoms with E-state index in [2.05, 4.69) is 38.9 Å². The highest BCUT2D eigenvalue weighted by Gasteiger charge is 2.41. The Morgan fingerprint density at radius 3 is 3.12 bits per heavy atom. The summed E-state index contributed by atoms with van der Waals surface area (Å²) < 4.78 is 0. The van der Waals surface area contributed by atoms with Gasteiger partial charge in [-0.15, -0.1) is 0 Å². The number of hydrogen-bond acceptors (Lipinski definition) is 4. The van der Waals surface area contributed by atoms with Gasteiger partial charge in [-0.2, -0.15) is 0 Å². The Hall–Kier alpha value is -2.10. The molecule has 2 aliphatic heterocycles. The average molecular weight is 224 g/mol. The highest BCUT2D eigenvalue weighted by Crippen LogP contribution is 2.47. The van der Waals surface area contributed by atoms with E-state index < -0.39 is 0 Å². The summed E-state index contributed by atoms with van der Waals surface area (Å²) in [5.41, 5.74) is 3.77. The van der Waals surface area contributed by atoms with Crippen molar-refractivity contribution in [2.24, 2.45) is 0 Å². The number of rotatable bonds is 0. The summed E-state index contributed by atoms with van der Waals surface area (Å²) in [6.07, 6.45) is 7.06. The maximum Gasteiger partial charge on any atom is 0.153 e. The third-order valence-electron chi connectivity index (χ3n) is 3.65. The van der Waals surface area contributed by atoms with E-state index in [1.54, 1.807) is 0 Å². The van der Waals surface area contributed by atoms with Crippen LogP contribution in [0, 0.1) is 0 Å². The second kappa shape index (κ2) is 2.97. The normalized spacial score (nSPS) is 20.2. The predicted molar refractivity (Wildman–Crippen MR) is 66.5 cm³/mol. The lowest BCUT2D eigenvalue weighted by molar-refractivity contribution is 0.699. The molecule has 0 N–H and O–H groups in total. The fraction of sp³-hybridized carbons (Fsp3) is 0.231. The lowest BCUT2D eigenvalue weighted by Gasteiger charge is -2.22. The molecular weight excluding hydrogens is 212 g/mol. The van der Waals surface area contributed by atoms with Gasteiger partial charge in [0.1, 0.15) is 6.17 Å². The predicted octanol–water partition coefficient (Wildman–Crippen LogP) is 1.95. The highest BCUT2D eigenvalue weighted by molar-refractivity contribution is 5.84. The molecule has 2 aromatic heterocycles. The number of hydrogen-bond donors (Lipinski definition) is 0. The molecule has 0 aromatic carbocycles. The second-order valence-electron chi connectivity index (χ2n) is 4.52. The van der Waals surface area contributed by atoms with Crippen molar-refractivity contribution in [3.05, 3.63) is 42.4 Å². The van der Waals surface area contributed by atoms with Crippen LogP contribution in [0.4, 0.5) is 17.2 Å². The van der Waals surface area contributed by atoms with Crippen molar-refractivity contribution in [2.75, 3.05) is 16.8 Å². The van der Waals surface area contributed by atoms with Crippen molar-refractivity contribution >= 4 is 17.2 Å². The first-order chi connectivity index (χ1) is 8.36. The number of fused-ring (bicyclic) bond motifs is 5. The fourth-order valence-corrected chi connectivity index (χ4v) is 2.84. The van der Waals surface area contributed by atoms with Crippen molar-refractivity contribution in [3.8, 4) is 0 Å². The Kier molecular flexibility index (Phi) is 1.57. The molecule has 4 heteroatoms.